The number of aliphatic hydroxyl groups is 1. The minimum Gasteiger partial charge on any atom is -0.496 e. The average molecular weight is 324 g/mol. The minimum absolute atomic E-state index is 0.0880. The van der Waals surface area contributed by atoms with Gasteiger partial charge in [0.1, 0.15) is 17.1 Å². The van der Waals surface area contributed by atoms with Crippen LogP contribution in [-0.2, 0) is 4.74 Å². The average Bonchev–Trinajstić information content (AvgIpc) is 2.50. The van der Waals surface area contributed by atoms with Crippen molar-refractivity contribution in [2.24, 2.45) is 10.8 Å². The van der Waals surface area contributed by atoms with Gasteiger partial charge < -0.3 is 19.3 Å². The van der Waals surface area contributed by atoms with Crippen LogP contribution in [0.5, 0.6) is 11.5 Å². The van der Waals surface area contributed by atoms with Gasteiger partial charge in [-0.05, 0) is 29.4 Å². The maximum atomic E-state index is 12.5. The summed E-state index contributed by atoms with van der Waals surface area (Å²) in [5, 5.41) is 9.41. The fraction of sp³-hybridized carbons (Fsp3) is 0.611. The van der Waals surface area contributed by atoms with E-state index in [1.807, 2.05) is 27.7 Å². The van der Waals surface area contributed by atoms with E-state index in [0.29, 0.717) is 11.5 Å². The van der Waals surface area contributed by atoms with E-state index in [4.69, 9.17) is 14.2 Å². The summed E-state index contributed by atoms with van der Waals surface area (Å²) in [6.45, 7) is 8.33. The van der Waals surface area contributed by atoms with Gasteiger partial charge in [-0.15, -0.1) is 0 Å². The van der Waals surface area contributed by atoms with Gasteiger partial charge in [-0.2, -0.15) is 0 Å². The first-order valence-corrected chi connectivity index (χ1v) is 7.65. The number of ether oxygens (including phenoxy) is 3. The standard InChI is InChI=1S/C18H28O5/c1-17(2,11-19)10-18(3,4)12-23-16(20)15-13(21-5)8-7-9-14(15)22-6/h7-9,19H,10-12H2,1-6H3. The Labute approximate surface area is 138 Å². The summed E-state index contributed by atoms with van der Waals surface area (Å²) < 4.78 is 15.9. The molecule has 0 spiro atoms. The molecule has 1 aromatic carbocycles. The normalized spacial score (nSPS) is 12.0. The van der Waals surface area contributed by atoms with Gasteiger partial charge in [0.05, 0.1) is 20.8 Å². The Bertz CT molecular complexity index is 512. The van der Waals surface area contributed by atoms with Crippen molar-refractivity contribution >= 4 is 5.97 Å². The molecule has 130 valence electrons. The maximum absolute atomic E-state index is 12.5. The zero-order valence-electron chi connectivity index (χ0n) is 14.9. The number of carbonyl (C=O) groups is 1. The van der Waals surface area contributed by atoms with Gasteiger partial charge >= 0.3 is 5.97 Å². The molecule has 1 N–H and O–H groups in total. The van der Waals surface area contributed by atoms with Crippen molar-refractivity contribution < 1.29 is 24.1 Å². The maximum Gasteiger partial charge on any atom is 0.345 e. The Balaban J connectivity index is 2.85. The van der Waals surface area contributed by atoms with Gasteiger partial charge in [-0.1, -0.05) is 33.8 Å². The lowest BCUT2D eigenvalue weighted by atomic mass is 9.76. The number of carbonyl (C=O) groups excluding carboxylic acids is 1. The fourth-order valence-electron chi connectivity index (χ4n) is 2.79. The molecule has 0 bridgehead atoms. The van der Waals surface area contributed by atoms with Gasteiger partial charge in [0, 0.05) is 6.61 Å². The number of methoxy groups -OCH3 is 2. The predicted octanol–water partition coefficient (Wildman–Crippen LogP) is 3.30. The molecule has 0 aliphatic rings. The third-order valence-electron chi connectivity index (χ3n) is 3.61. The molecule has 0 heterocycles. The minimum atomic E-state index is -0.478. The van der Waals surface area contributed by atoms with Crippen molar-refractivity contribution in [2.45, 2.75) is 34.1 Å². The molecule has 23 heavy (non-hydrogen) atoms. The van der Waals surface area contributed by atoms with E-state index in [-0.39, 0.29) is 29.6 Å². The molecule has 0 radical (unpaired) electrons. The molecule has 0 saturated carbocycles. The molecule has 0 amide bonds. The predicted molar refractivity (Wildman–Crippen MR) is 89.1 cm³/mol. The summed E-state index contributed by atoms with van der Waals surface area (Å²) in [5.41, 5.74) is -0.190. The lowest BCUT2D eigenvalue weighted by Gasteiger charge is -2.33. The van der Waals surface area contributed by atoms with E-state index in [1.165, 1.54) is 14.2 Å². The first-order valence-electron chi connectivity index (χ1n) is 7.65. The second-order valence-corrected chi connectivity index (χ2v) is 7.28. The number of esters is 1. The molecule has 5 heteroatoms. The first-order chi connectivity index (χ1) is 10.7. The monoisotopic (exact) mass is 324 g/mol. The summed E-state index contributed by atoms with van der Waals surface area (Å²) in [5.74, 6) is 0.361. The second kappa shape index (κ2) is 7.68. The van der Waals surface area contributed by atoms with Crippen molar-refractivity contribution in [3.63, 3.8) is 0 Å². The van der Waals surface area contributed by atoms with E-state index in [9.17, 15) is 9.90 Å². The Morgan fingerprint density at radius 3 is 2.00 bits per heavy atom. The molecular formula is C18H28O5. The van der Waals surface area contributed by atoms with E-state index >= 15 is 0 Å². The molecule has 0 saturated heterocycles. The summed E-state index contributed by atoms with van der Waals surface area (Å²) >= 11 is 0. The van der Waals surface area contributed by atoms with E-state index in [2.05, 4.69) is 0 Å². The zero-order chi connectivity index (χ0) is 17.7. The molecule has 5 nitrogen and oxygen atoms in total. The Morgan fingerprint density at radius 2 is 1.57 bits per heavy atom. The van der Waals surface area contributed by atoms with Gasteiger partial charge in [0.15, 0.2) is 0 Å². The number of hydrogen-bond donors (Lipinski definition) is 1. The molecular weight excluding hydrogens is 296 g/mol. The number of rotatable bonds is 8. The Hall–Kier alpha value is -1.75. The van der Waals surface area contributed by atoms with Crippen LogP contribution in [0.2, 0.25) is 0 Å². The highest BCUT2D eigenvalue weighted by atomic mass is 16.5. The second-order valence-electron chi connectivity index (χ2n) is 7.28. The number of aliphatic hydroxyl groups excluding tert-OH is 1. The summed E-state index contributed by atoms with van der Waals surface area (Å²) in [6.07, 6.45) is 0.729. The van der Waals surface area contributed by atoms with Crippen LogP contribution in [0.3, 0.4) is 0 Å². The molecule has 0 aliphatic heterocycles. The summed E-state index contributed by atoms with van der Waals surface area (Å²) in [6, 6.07) is 5.14. The van der Waals surface area contributed by atoms with Crippen molar-refractivity contribution in [1.82, 2.24) is 0 Å². The summed E-state index contributed by atoms with van der Waals surface area (Å²) in [7, 11) is 3.00. The third-order valence-corrected chi connectivity index (χ3v) is 3.61. The Kier molecular flexibility index (Phi) is 6.45. The first kappa shape index (κ1) is 19.3. The molecule has 0 unspecified atom stereocenters. The van der Waals surface area contributed by atoms with Crippen LogP contribution in [-0.4, -0.2) is 38.5 Å². The van der Waals surface area contributed by atoms with Crippen LogP contribution in [0.25, 0.3) is 0 Å². The molecule has 0 aromatic heterocycles. The molecule has 1 rings (SSSR count). The van der Waals surface area contributed by atoms with Crippen molar-refractivity contribution in [2.75, 3.05) is 27.4 Å². The van der Waals surface area contributed by atoms with Crippen LogP contribution >= 0.6 is 0 Å². The van der Waals surface area contributed by atoms with Crippen LogP contribution < -0.4 is 9.47 Å². The highest BCUT2D eigenvalue weighted by Crippen LogP contribution is 2.34. The highest BCUT2D eigenvalue weighted by molar-refractivity contribution is 5.95. The molecule has 0 atom stereocenters. The van der Waals surface area contributed by atoms with Crippen LogP contribution in [0.4, 0.5) is 0 Å². The zero-order valence-corrected chi connectivity index (χ0v) is 14.9. The van der Waals surface area contributed by atoms with Gasteiger partial charge in [-0.3, -0.25) is 0 Å². The lowest BCUT2D eigenvalue weighted by Crippen LogP contribution is -2.30. The van der Waals surface area contributed by atoms with Crippen molar-refractivity contribution in [3.05, 3.63) is 23.8 Å². The van der Waals surface area contributed by atoms with Crippen LogP contribution in [0, 0.1) is 10.8 Å². The van der Waals surface area contributed by atoms with Crippen molar-refractivity contribution in [3.8, 4) is 11.5 Å². The highest BCUT2D eigenvalue weighted by Gasteiger charge is 2.30. The van der Waals surface area contributed by atoms with E-state index < -0.39 is 5.97 Å². The SMILES string of the molecule is COc1cccc(OC)c1C(=O)OCC(C)(C)CC(C)(C)CO. The van der Waals surface area contributed by atoms with Gasteiger partial charge in [0.2, 0.25) is 0 Å². The Morgan fingerprint density at radius 1 is 1.04 bits per heavy atom. The number of benzene rings is 1. The van der Waals surface area contributed by atoms with E-state index in [1.54, 1.807) is 18.2 Å². The topological polar surface area (TPSA) is 65.0 Å². The molecule has 1 aromatic rings. The smallest absolute Gasteiger partial charge is 0.345 e. The quantitative estimate of drug-likeness (QED) is 0.743. The fourth-order valence-corrected chi connectivity index (χ4v) is 2.79. The van der Waals surface area contributed by atoms with E-state index in [0.717, 1.165) is 6.42 Å². The van der Waals surface area contributed by atoms with Crippen molar-refractivity contribution in [1.29, 1.82) is 0 Å². The van der Waals surface area contributed by atoms with Crippen LogP contribution in [0.1, 0.15) is 44.5 Å². The lowest BCUT2D eigenvalue weighted by molar-refractivity contribution is 0.0184. The summed E-state index contributed by atoms with van der Waals surface area (Å²) in [4.78, 5) is 12.5. The molecule has 0 fully saturated rings. The third kappa shape index (κ3) is 5.43. The van der Waals surface area contributed by atoms with Gasteiger partial charge in [0.25, 0.3) is 0 Å². The van der Waals surface area contributed by atoms with Gasteiger partial charge in [-0.25, -0.2) is 4.79 Å². The number of hydrogen-bond acceptors (Lipinski definition) is 5. The molecule has 0 aliphatic carbocycles. The largest absolute Gasteiger partial charge is 0.496 e. The van der Waals surface area contributed by atoms with Crippen LogP contribution in [0.15, 0.2) is 18.2 Å².